The van der Waals surface area contributed by atoms with Gasteiger partial charge in [0.25, 0.3) is 11.5 Å². The molecule has 2 heterocycles. The molecule has 0 saturated carbocycles. The maximum atomic E-state index is 13.8. The van der Waals surface area contributed by atoms with E-state index in [-0.39, 0.29) is 5.56 Å². The standard InChI is InChI=1S/C20H17F2N3O/c1-4-13-9-15(20(3,21)22)11-25-18(13)24-17(12(2)19(25)26)16-8-6-5-7-14(16)10-23/h5-9,11H,4H2,1-3H3. The Hall–Kier alpha value is -3.07. The molecule has 0 saturated heterocycles. The molecule has 2 aromatic heterocycles. The maximum absolute atomic E-state index is 13.8. The minimum atomic E-state index is -3.06. The quantitative estimate of drug-likeness (QED) is 0.708. The molecule has 3 aromatic rings. The number of hydrogen-bond acceptors (Lipinski definition) is 3. The van der Waals surface area contributed by atoms with Crippen LogP contribution in [0.3, 0.4) is 0 Å². The van der Waals surface area contributed by atoms with Crippen LogP contribution in [0.25, 0.3) is 16.9 Å². The second-order valence-electron chi connectivity index (χ2n) is 6.24. The van der Waals surface area contributed by atoms with Gasteiger partial charge in [-0.3, -0.25) is 9.20 Å². The molecule has 1 aromatic carbocycles. The van der Waals surface area contributed by atoms with E-state index in [0.29, 0.717) is 40.0 Å². The first-order chi connectivity index (χ1) is 12.3. The number of rotatable bonds is 3. The van der Waals surface area contributed by atoms with Gasteiger partial charge in [0, 0.05) is 29.8 Å². The minimum absolute atomic E-state index is 0.227. The van der Waals surface area contributed by atoms with Crippen molar-refractivity contribution in [3.05, 3.63) is 69.1 Å². The van der Waals surface area contributed by atoms with Crippen LogP contribution < -0.4 is 5.56 Å². The molecule has 26 heavy (non-hydrogen) atoms. The number of benzene rings is 1. The van der Waals surface area contributed by atoms with Crippen LogP contribution in [0.15, 0.2) is 41.3 Å². The second kappa shape index (κ2) is 6.34. The summed E-state index contributed by atoms with van der Waals surface area (Å²) in [6.45, 7) is 4.21. The average molecular weight is 353 g/mol. The lowest BCUT2D eigenvalue weighted by Crippen LogP contribution is -2.22. The van der Waals surface area contributed by atoms with Crippen LogP contribution in [0.4, 0.5) is 8.78 Å². The van der Waals surface area contributed by atoms with Gasteiger partial charge in [-0.15, -0.1) is 0 Å². The second-order valence-corrected chi connectivity index (χ2v) is 6.24. The summed E-state index contributed by atoms with van der Waals surface area (Å²) in [4.78, 5) is 17.4. The van der Waals surface area contributed by atoms with E-state index in [0.717, 1.165) is 13.1 Å². The Bertz CT molecular complexity index is 1100. The first kappa shape index (κ1) is 17.7. The summed E-state index contributed by atoms with van der Waals surface area (Å²) < 4.78 is 28.8. The van der Waals surface area contributed by atoms with Crippen molar-refractivity contribution in [2.75, 3.05) is 0 Å². The molecular weight excluding hydrogens is 336 g/mol. The van der Waals surface area contributed by atoms with E-state index in [1.807, 2.05) is 6.92 Å². The summed E-state index contributed by atoms with van der Waals surface area (Å²) in [6, 6.07) is 10.4. The highest BCUT2D eigenvalue weighted by molar-refractivity contribution is 5.72. The molecule has 0 aliphatic rings. The number of hydrogen-bond donors (Lipinski definition) is 0. The molecule has 0 spiro atoms. The van der Waals surface area contributed by atoms with Gasteiger partial charge in [0.15, 0.2) is 0 Å². The number of pyridine rings is 1. The van der Waals surface area contributed by atoms with Crippen molar-refractivity contribution >= 4 is 5.65 Å². The Balaban J connectivity index is 2.42. The van der Waals surface area contributed by atoms with E-state index in [2.05, 4.69) is 11.1 Å². The summed E-state index contributed by atoms with van der Waals surface area (Å²) in [5.74, 6) is -3.06. The van der Waals surface area contributed by atoms with Gasteiger partial charge in [-0.25, -0.2) is 13.8 Å². The summed E-state index contributed by atoms with van der Waals surface area (Å²) in [7, 11) is 0. The Morgan fingerprint density at radius 3 is 2.62 bits per heavy atom. The van der Waals surface area contributed by atoms with Crippen molar-refractivity contribution in [3.63, 3.8) is 0 Å². The van der Waals surface area contributed by atoms with Crippen LogP contribution in [-0.2, 0) is 12.3 Å². The van der Waals surface area contributed by atoms with Gasteiger partial charge in [-0.2, -0.15) is 5.26 Å². The fourth-order valence-corrected chi connectivity index (χ4v) is 2.95. The predicted molar refractivity (Wildman–Crippen MR) is 95.3 cm³/mol. The molecule has 0 bridgehead atoms. The molecule has 0 aliphatic carbocycles. The number of alkyl halides is 2. The first-order valence-electron chi connectivity index (χ1n) is 8.21. The Labute approximate surface area is 149 Å². The van der Waals surface area contributed by atoms with E-state index >= 15 is 0 Å². The zero-order valence-corrected chi connectivity index (χ0v) is 14.7. The molecule has 0 radical (unpaired) electrons. The van der Waals surface area contributed by atoms with Crippen LogP contribution in [0.1, 0.15) is 36.1 Å². The molecule has 0 fully saturated rings. The van der Waals surface area contributed by atoms with Gasteiger partial charge < -0.3 is 0 Å². The topological polar surface area (TPSA) is 58.2 Å². The number of halogens is 2. The molecule has 132 valence electrons. The van der Waals surface area contributed by atoms with Crippen molar-refractivity contribution in [1.82, 2.24) is 9.38 Å². The third-order valence-electron chi connectivity index (χ3n) is 4.42. The highest BCUT2D eigenvalue weighted by atomic mass is 19.3. The first-order valence-corrected chi connectivity index (χ1v) is 8.21. The van der Waals surface area contributed by atoms with Gasteiger partial charge in [0.1, 0.15) is 5.65 Å². The fourth-order valence-electron chi connectivity index (χ4n) is 2.95. The number of aryl methyl sites for hydroxylation is 1. The van der Waals surface area contributed by atoms with E-state index in [1.54, 1.807) is 31.2 Å². The highest BCUT2D eigenvalue weighted by Crippen LogP contribution is 2.30. The maximum Gasteiger partial charge on any atom is 0.271 e. The number of nitriles is 1. The van der Waals surface area contributed by atoms with Crippen LogP contribution in [-0.4, -0.2) is 9.38 Å². The predicted octanol–water partition coefficient (Wildman–Crippen LogP) is 4.22. The van der Waals surface area contributed by atoms with E-state index in [4.69, 9.17) is 0 Å². The third-order valence-corrected chi connectivity index (χ3v) is 4.42. The molecule has 3 rings (SSSR count). The lowest BCUT2D eigenvalue weighted by atomic mass is 10.0. The SMILES string of the molecule is CCc1cc(C(C)(F)F)cn2c(=O)c(C)c(-c3ccccc3C#N)nc12. The normalized spacial score (nSPS) is 11.5. The molecule has 0 atom stereocenters. The molecule has 4 nitrogen and oxygen atoms in total. The van der Waals surface area contributed by atoms with Crippen molar-refractivity contribution < 1.29 is 8.78 Å². The van der Waals surface area contributed by atoms with E-state index in [1.165, 1.54) is 10.5 Å². The van der Waals surface area contributed by atoms with Crippen molar-refractivity contribution in [1.29, 1.82) is 5.26 Å². The van der Waals surface area contributed by atoms with Gasteiger partial charge in [-0.1, -0.05) is 25.1 Å². The smallest absolute Gasteiger partial charge is 0.269 e. The van der Waals surface area contributed by atoms with E-state index in [9.17, 15) is 18.8 Å². The van der Waals surface area contributed by atoms with Gasteiger partial charge in [0.2, 0.25) is 0 Å². The zero-order chi connectivity index (χ0) is 19.1. The summed E-state index contributed by atoms with van der Waals surface area (Å²) in [6.07, 6.45) is 1.60. The largest absolute Gasteiger partial charge is 0.271 e. The van der Waals surface area contributed by atoms with Gasteiger partial charge in [-0.05, 0) is 31.0 Å². The van der Waals surface area contributed by atoms with E-state index < -0.39 is 11.5 Å². The van der Waals surface area contributed by atoms with Crippen LogP contribution >= 0.6 is 0 Å². The number of fused-ring (bicyclic) bond motifs is 1. The Morgan fingerprint density at radius 1 is 1.31 bits per heavy atom. The van der Waals surface area contributed by atoms with Crippen LogP contribution in [0.5, 0.6) is 0 Å². The molecule has 0 amide bonds. The Kier molecular flexibility index (Phi) is 4.33. The molecule has 0 unspecified atom stereocenters. The fraction of sp³-hybridized carbons (Fsp3) is 0.250. The molecule has 6 heteroatoms. The lowest BCUT2D eigenvalue weighted by molar-refractivity contribution is 0.0169. The van der Waals surface area contributed by atoms with Gasteiger partial charge >= 0.3 is 0 Å². The Morgan fingerprint density at radius 2 is 2.00 bits per heavy atom. The highest BCUT2D eigenvalue weighted by Gasteiger charge is 2.26. The molecular formula is C20H17F2N3O. The molecule has 0 N–H and O–H groups in total. The van der Waals surface area contributed by atoms with Crippen LogP contribution in [0.2, 0.25) is 0 Å². The molecule has 0 aliphatic heterocycles. The van der Waals surface area contributed by atoms with Crippen LogP contribution in [0, 0.1) is 18.3 Å². The lowest BCUT2D eigenvalue weighted by Gasteiger charge is -2.16. The summed E-state index contributed by atoms with van der Waals surface area (Å²) in [5, 5.41) is 9.34. The monoisotopic (exact) mass is 353 g/mol. The summed E-state index contributed by atoms with van der Waals surface area (Å²) in [5.41, 5.74) is 1.91. The average Bonchev–Trinajstić information content (AvgIpc) is 2.63. The van der Waals surface area contributed by atoms with Gasteiger partial charge in [0.05, 0.1) is 17.3 Å². The number of nitrogens with zero attached hydrogens (tertiary/aromatic N) is 3. The van der Waals surface area contributed by atoms with Crippen molar-refractivity contribution in [3.8, 4) is 17.3 Å². The number of aromatic nitrogens is 2. The third kappa shape index (κ3) is 2.86. The van der Waals surface area contributed by atoms with Crippen molar-refractivity contribution in [2.24, 2.45) is 0 Å². The van der Waals surface area contributed by atoms with Crippen molar-refractivity contribution in [2.45, 2.75) is 33.1 Å². The zero-order valence-electron chi connectivity index (χ0n) is 14.7. The summed E-state index contributed by atoms with van der Waals surface area (Å²) >= 11 is 0. The minimum Gasteiger partial charge on any atom is -0.269 e.